The average Bonchev–Trinajstić information content (AvgIpc) is 3.15. The van der Waals surface area contributed by atoms with Gasteiger partial charge in [-0.15, -0.1) is 0 Å². The Bertz CT molecular complexity index is 1040. The number of carbonyl (C=O) groups is 2. The number of rotatable bonds is 5. The highest BCUT2D eigenvalue weighted by Gasteiger charge is 2.39. The minimum Gasteiger partial charge on any atom is -0.368 e. The van der Waals surface area contributed by atoms with Crippen LogP contribution in [0.4, 0.5) is 0 Å². The van der Waals surface area contributed by atoms with E-state index >= 15 is 0 Å². The molecule has 6 heteroatoms. The molecule has 0 spiro atoms. The molecule has 2 atom stereocenters. The molecule has 1 heterocycles. The summed E-state index contributed by atoms with van der Waals surface area (Å²) in [5, 5.41) is 0.597. The van der Waals surface area contributed by atoms with Crippen LogP contribution in [0.15, 0.2) is 73.1 Å². The van der Waals surface area contributed by atoms with Gasteiger partial charge >= 0.3 is 0 Å². The first-order valence-electron chi connectivity index (χ1n) is 9.41. The highest BCUT2D eigenvalue weighted by Crippen LogP contribution is 2.42. The molecule has 2 aromatic carbocycles. The zero-order valence-corrected chi connectivity index (χ0v) is 16.4. The number of carbonyl (C=O) groups excluding carboxylic acids is 2. The zero-order valence-electron chi connectivity index (χ0n) is 15.7. The molecule has 1 aliphatic carbocycles. The Balaban J connectivity index is 1.86. The summed E-state index contributed by atoms with van der Waals surface area (Å²) in [4.78, 5) is 31.8. The molecule has 29 heavy (non-hydrogen) atoms. The van der Waals surface area contributed by atoms with Crippen LogP contribution < -0.4 is 5.73 Å². The predicted molar refractivity (Wildman–Crippen MR) is 111 cm³/mol. The van der Waals surface area contributed by atoms with Crippen molar-refractivity contribution in [1.82, 2.24) is 9.88 Å². The maximum absolute atomic E-state index is 13.6. The molecule has 1 aromatic heterocycles. The lowest BCUT2D eigenvalue weighted by Crippen LogP contribution is -2.43. The quantitative estimate of drug-likeness (QED) is 0.694. The Kier molecular flexibility index (Phi) is 5.32. The van der Waals surface area contributed by atoms with Crippen LogP contribution in [-0.4, -0.2) is 21.7 Å². The van der Waals surface area contributed by atoms with E-state index in [9.17, 15) is 9.59 Å². The Labute approximate surface area is 174 Å². The number of hydrogen-bond acceptors (Lipinski definition) is 3. The standard InChI is InChI=1S/C23H20ClN3O2/c24-18-10-8-15-9-11-20(19(15)13-18)27(23(29)17-7-4-12-26-14-17)21(22(25)28)16-5-2-1-3-6-16/h1-8,10,12-14,20-21H,9,11H2,(H2,25,28)/t20-,21-/m1/s1. The first-order valence-corrected chi connectivity index (χ1v) is 9.79. The van der Waals surface area contributed by atoms with Crippen LogP contribution in [-0.2, 0) is 11.2 Å². The molecular weight excluding hydrogens is 386 g/mol. The van der Waals surface area contributed by atoms with E-state index in [1.807, 2.05) is 48.5 Å². The van der Waals surface area contributed by atoms with Crippen molar-refractivity contribution in [3.05, 3.63) is 100 Å². The van der Waals surface area contributed by atoms with Gasteiger partial charge in [0.15, 0.2) is 0 Å². The summed E-state index contributed by atoms with van der Waals surface area (Å²) < 4.78 is 0. The number of halogens is 1. The SMILES string of the molecule is NC(=O)[C@@H](c1ccccc1)N(C(=O)c1cccnc1)[C@@H]1CCc2ccc(Cl)cc21. The van der Waals surface area contributed by atoms with Crippen molar-refractivity contribution in [2.24, 2.45) is 5.73 Å². The van der Waals surface area contributed by atoms with E-state index in [-0.39, 0.29) is 11.9 Å². The Hall–Kier alpha value is -3.18. The van der Waals surface area contributed by atoms with Gasteiger partial charge in [0.05, 0.1) is 11.6 Å². The van der Waals surface area contributed by atoms with Gasteiger partial charge in [-0.3, -0.25) is 14.6 Å². The maximum atomic E-state index is 13.6. The van der Waals surface area contributed by atoms with Crippen LogP contribution in [0.5, 0.6) is 0 Å². The summed E-state index contributed by atoms with van der Waals surface area (Å²) in [6, 6.07) is 17.0. The van der Waals surface area contributed by atoms with Crippen molar-refractivity contribution in [2.75, 3.05) is 0 Å². The van der Waals surface area contributed by atoms with Crippen molar-refractivity contribution < 1.29 is 9.59 Å². The molecule has 5 nitrogen and oxygen atoms in total. The Morgan fingerprint density at radius 3 is 2.59 bits per heavy atom. The average molecular weight is 406 g/mol. The lowest BCUT2D eigenvalue weighted by molar-refractivity contribution is -0.123. The molecule has 146 valence electrons. The van der Waals surface area contributed by atoms with Crippen molar-refractivity contribution in [3.8, 4) is 0 Å². The first-order chi connectivity index (χ1) is 14.1. The number of benzene rings is 2. The summed E-state index contributed by atoms with van der Waals surface area (Å²) in [5.74, 6) is -0.868. The molecule has 2 N–H and O–H groups in total. The molecule has 0 fully saturated rings. The van der Waals surface area contributed by atoms with Gasteiger partial charge in [-0.2, -0.15) is 0 Å². The van der Waals surface area contributed by atoms with Gasteiger partial charge in [-0.25, -0.2) is 0 Å². The highest BCUT2D eigenvalue weighted by molar-refractivity contribution is 6.30. The van der Waals surface area contributed by atoms with Crippen molar-refractivity contribution in [2.45, 2.75) is 24.9 Å². The summed E-state index contributed by atoms with van der Waals surface area (Å²) in [6.45, 7) is 0. The molecule has 0 radical (unpaired) electrons. The van der Waals surface area contributed by atoms with Gasteiger partial charge in [0.25, 0.3) is 5.91 Å². The normalized spacial score (nSPS) is 16.1. The van der Waals surface area contributed by atoms with E-state index < -0.39 is 11.9 Å². The van der Waals surface area contributed by atoms with Crippen LogP contribution in [0.3, 0.4) is 0 Å². The fourth-order valence-electron chi connectivity index (χ4n) is 4.01. The number of fused-ring (bicyclic) bond motifs is 1. The molecule has 4 rings (SSSR count). The van der Waals surface area contributed by atoms with E-state index in [1.54, 1.807) is 23.2 Å². The number of aryl methyl sites for hydroxylation is 1. The number of aromatic nitrogens is 1. The van der Waals surface area contributed by atoms with Gasteiger partial charge in [0.1, 0.15) is 6.04 Å². The van der Waals surface area contributed by atoms with Crippen LogP contribution in [0.25, 0.3) is 0 Å². The van der Waals surface area contributed by atoms with Gasteiger partial charge in [0.2, 0.25) is 5.91 Å². The molecule has 2 amide bonds. The summed E-state index contributed by atoms with van der Waals surface area (Å²) in [7, 11) is 0. The minimum absolute atomic E-state index is 0.288. The molecule has 0 unspecified atom stereocenters. The first kappa shape index (κ1) is 19.2. The lowest BCUT2D eigenvalue weighted by atomic mass is 9.98. The maximum Gasteiger partial charge on any atom is 0.256 e. The van der Waals surface area contributed by atoms with E-state index in [0.717, 1.165) is 17.5 Å². The zero-order chi connectivity index (χ0) is 20.4. The van der Waals surface area contributed by atoms with E-state index in [2.05, 4.69) is 4.98 Å². The number of hydrogen-bond donors (Lipinski definition) is 1. The summed E-state index contributed by atoms with van der Waals surface area (Å²) in [5.41, 5.74) is 8.99. The molecule has 0 bridgehead atoms. The number of primary amides is 1. The minimum atomic E-state index is -0.904. The third kappa shape index (κ3) is 3.74. The van der Waals surface area contributed by atoms with Crippen molar-refractivity contribution >= 4 is 23.4 Å². The Morgan fingerprint density at radius 2 is 1.90 bits per heavy atom. The molecule has 3 aromatic rings. The van der Waals surface area contributed by atoms with Crippen LogP contribution in [0.2, 0.25) is 5.02 Å². The fraction of sp³-hybridized carbons (Fsp3) is 0.174. The van der Waals surface area contributed by atoms with Gasteiger partial charge in [-0.1, -0.05) is 48.0 Å². The van der Waals surface area contributed by atoms with Crippen molar-refractivity contribution in [1.29, 1.82) is 0 Å². The second kappa shape index (κ2) is 8.05. The number of pyridine rings is 1. The Morgan fingerprint density at radius 1 is 1.10 bits per heavy atom. The van der Waals surface area contributed by atoms with Crippen LogP contribution in [0.1, 0.15) is 45.6 Å². The second-order valence-electron chi connectivity index (χ2n) is 7.07. The smallest absolute Gasteiger partial charge is 0.256 e. The van der Waals surface area contributed by atoms with Crippen LogP contribution >= 0.6 is 11.6 Å². The number of amides is 2. The number of nitrogens with zero attached hydrogens (tertiary/aromatic N) is 2. The summed E-state index contributed by atoms with van der Waals surface area (Å²) >= 11 is 6.24. The number of nitrogens with two attached hydrogens (primary N) is 1. The monoisotopic (exact) mass is 405 g/mol. The van der Waals surface area contributed by atoms with Gasteiger partial charge in [0, 0.05) is 17.4 Å². The molecular formula is C23H20ClN3O2. The van der Waals surface area contributed by atoms with Crippen molar-refractivity contribution in [3.63, 3.8) is 0 Å². The third-order valence-electron chi connectivity index (χ3n) is 5.30. The molecule has 0 aliphatic heterocycles. The van der Waals surface area contributed by atoms with E-state index in [4.69, 9.17) is 17.3 Å². The van der Waals surface area contributed by atoms with Crippen LogP contribution in [0, 0.1) is 0 Å². The second-order valence-corrected chi connectivity index (χ2v) is 7.50. The molecule has 1 aliphatic rings. The predicted octanol–water partition coefficient (Wildman–Crippen LogP) is 4.09. The van der Waals surface area contributed by atoms with E-state index in [0.29, 0.717) is 22.6 Å². The lowest BCUT2D eigenvalue weighted by Gasteiger charge is -2.35. The fourth-order valence-corrected chi connectivity index (χ4v) is 4.20. The third-order valence-corrected chi connectivity index (χ3v) is 5.53. The van der Waals surface area contributed by atoms with E-state index in [1.165, 1.54) is 6.20 Å². The van der Waals surface area contributed by atoms with Gasteiger partial charge in [-0.05, 0) is 53.8 Å². The largest absolute Gasteiger partial charge is 0.368 e. The van der Waals surface area contributed by atoms with Gasteiger partial charge < -0.3 is 10.6 Å². The highest BCUT2D eigenvalue weighted by atomic mass is 35.5. The topological polar surface area (TPSA) is 76.3 Å². The molecule has 0 saturated carbocycles. The molecule has 0 saturated heterocycles. The summed E-state index contributed by atoms with van der Waals surface area (Å²) in [6.07, 6.45) is 4.60.